The summed E-state index contributed by atoms with van der Waals surface area (Å²) in [5, 5.41) is 10.7. The molecule has 1 atom stereocenters. The second kappa shape index (κ2) is 10.3. The first-order valence-electron chi connectivity index (χ1n) is 10.4. The second-order valence-electron chi connectivity index (χ2n) is 7.32. The monoisotopic (exact) mass is 488 g/mol. The van der Waals surface area contributed by atoms with E-state index in [-0.39, 0.29) is 24.2 Å². The number of hydrogen-bond acceptors (Lipinski definition) is 9. The molecule has 3 heterocycles. The van der Waals surface area contributed by atoms with Gasteiger partial charge in [-0.3, -0.25) is 10.1 Å². The minimum absolute atomic E-state index is 0.000565. The van der Waals surface area contributed by atoms with Crippen molar-refractivity contribution < 1.29 is 23.8 Å². The summed E-state index contributed by atoms with van der Waals surface area (Å²) in [5.74, 6) is 1.70. The first-order valence-corrected chi connectivity index (χ1v) is 12.2. The third kappa shape index (κ3) is 5.48. The molecule has 0 spiro atoms. The predicted molar refractivity (Wildman–Crippen MR) is 126 cm³/mol. The highest BCUT2D eigenvalue weighted by Gasteiger charge is 2.24. The summed E-state index contributed by atoms with van der Waals surface area (Å²) in [6.45, 7) is 6.95. The molecule has 0 bridgehead atoms. The van der Waals surface area contributed by atoms with Crippen molar-refractivity contribution in [2.75, 3.05) is 24.3 Å². The minimum Gasteiger partial charge on any atom is -0.486 e. The van der Waals surface area contributed by atoms with Gasteiger partial charge in [0.2, 0.25) is 5.13 Å². The van der Waals surface area contributed by atoms with Gasteiger partial charge in [0.05, 0.1) is 18.9 Å². The molecule has 1 aromatic carbocycles. The number of thioether (sulfide) groups is 1. The largest absolute Gasteiger partial charge is 0.486 e. The van der Waals surface area contributed by atoms with Gasteiger partial charge in [-0.2, -0.15) is 0 Å². The van der Waals surface area contributed by atoms with Gasteiger partial charge in [0.15, 0.2) is 27.7 Å². The van der Waals surface area contributed by atoms with Crippen LogP contribution in [0.2, 0.25) is 0 Å². The fraction of sp³-hybridized carbons (Fsp3) is 0.364. The van der Waals surface area contributed by atoms with Gasteiger partial charge in [0.1, 0.15) is 6.61 Å². The third-order valence-corrected chi connectivity index (χ3v) is 7.02. The molecule has 3 aromatic rings. The van der Waals surface area contributed by atoms with Gasteiger partial charge < -0.3 is 18.8 Å². The summed E-state index contributed by atoms with van der Waals surface area (Å²) < 4.78 is 19.4. The predicted octanol–water partition coefficient (Wildman–Crippen LogP) is 4.34. The number of aromatic nitrogens is 3. The van der Waals surface area contributed by atoms with Crippen molar-refractivity contribution in [2.45, 2.75) is 37.8 Å². The van der Waals surface area contributed by atoms with Gasteiger partial charge in [-0.15, -0.1) is 10.2 Å². The highest BCUT2D eigenvalue weighted by atomic mass is 32.2. The Labute approximate surface area is 199 Å². The van der Waals surface area contributed by atoms with Crippen LogP contribution in [0.5, 0.6) is 11.5 Å². The molecule has 1 unspecified atom stereocenters. The maximum Gasteiger partial charge on any atom is 0.413 e. The van der Waals surface area contributed by atoms with Crippen LogP contribution in [0, 0.1) is 13.8 Å². The molecule has 1 aliphatic rings. The molecule has 0 aliphatic carbocycles. The highest BCUT2D eigenvalue weighted by Crippen LogP contribution is 2.32. The van der Waals surface area contributed by atoms with Crippen molar-refractivity contribution in [3.8, 4) is 11.5 Å². The number of ether oxygens (including phenoxy) is 3. The van der Waals surface area contributed by atoms with Crippen molar-refractivity contribution in [1.29, 1.82) is 0 Å². The first-order chi connectivity index (χ1) is 15.9. The quantitative estimate of drug-likeness (QED) is 0.284. The lowest BCUT2D eigenvalue weighted by atomic mass is 10.2. The van der Waals surface area contributed by atoms with Gasteiger partial charge in [0, 0.05) is 17.0 Å². The fourth-order valence-electron chi connectivity index (χ4n) is 3.50. The molecule has 1 N–H and O–H groups in total. The van der Waals surface area contributed by atoms with Crippen molar-refractivity contribution in [3.05, 3.63) is 47.3 Å². The zero-order valence-electron chi connectivity index (χ0n) is 18.5. The van der Waals surface area contributed by atoms with E-state index in [9.17, 15) is 9.59 Å². The molecule has 2 aromatic heterocycles. The van der Waals surface area contributed by atoms with Gasteiger partial charge in [-0.1, -0.05) is 35.2 Å². The summed E-state index contributed by atoms with van der Waals surface area (Å²) >= 11 is 2.48. The lowest BCUT2D eigenvalue weighted by Gasteiger charge is -2.27. The van der Waals surface area contributed by atoms with Crippen LogP contribution in [0.15, 0.2) is 34.7 Å². The van der Waals surface area contributed by atoms with Crippen molar-refractivity contribution in [2.24, 2.45) is 0 Å². The number of amides is 1. The number of aryl methyl sites for hydroxylation is 1. The van der Waals surface area contributed by atoms with E-state index in [0.717, 1.165) is 22.9 Å². The van der Waals surface area contributed by atoms with Crippen LogP contribution in [0.25, 0.3) is 0 Å². The van der Waals surface area contributed by atoms with Gasteiger partial charge in [-0.25, -0.2) is 4.79 Å². The van der Waals surface area contributed by atoms with Crippen LogP contribution >= 0.6 is 23.1 Å². The lowest BCUT2D eigenvalue weighted by molar-refractivity contribution is 0.0777. The van der Waals surface area contributed by atoms with Crippen LogP contribution in [0.4, 0.5) is 9.93 Å². The number of benzene rings is 1. The van der Waals surface area contributed by atoms with E-state index in [1.54, 1.807) is 6.92 Å². The number of ketones is 1. The molecule has 0 saturated carbocycles. The average molecular weight is 489 g/mol. The minimum atomic E-state index is -0.579. The van der Waals surface area contributed by atoms with Crippen LogP contribution in [-0.4, -0.2) is 51.7 Å². The molecular weight excluding hydrogens is 464 g/mol. The molecule has 1 amide bonds. The lowest BCUT2D eigenvalue weighted by Crippen LogP contribution is -2.33. The number of fused-ring (bicyclic) bond motifs is 1. The van der Waals surface area contributed by atoms with Crippen LogP contribution in [0.1, 0.15) is 28.7 Å². The van der Waals surface area contributed by atoms with Crippen LogP contribution in [0.3, 0.4) is 0 Å². The van der Waals surface area contributed by atoms with E-state index in [4.69, 9.17) is 14.2 Å². The molecule has 4 rings (SSSR count). The summed E-state index contributed by atoms with van der Waals surface area (Å²) in [6.07, 6.45) is -0.724. The Morgan fingerprint density at radius 1 is 1.27 bits per heavy atom. The number of Topliss-reactive ketones (excluding diaryl/α,β-unsaturated/α-hetero) is 1. The zero-order chi connectivity index (χ0) is 23.4. The zero-order valence-corrected chi connectivity index (χ0v) is 20.1. The normalized spacial score (nSPS) is 14.7. The second-order valence-corrected chi connectivity index (χ2v) is 9.52. The van der Waals surface area contributed by atoms with Crippen LogP contribution < -0.4 is 14.8 Å². The van der Waals surface area contributed by atoms with E-state index in [1.807, 2.05) is 44.2 Å². The summed E-state index contributed by atoms with van der Waals surface area (Å²) in [4.78, 5) is 24.4. The van der Waals surface area contributed by atoms with Crippen molar-refractivity contribution in [3.63, 3.8) is 0 Å². The number of nitrogens with one attached hydrogen (secondary N) is 1. The number of rotatable bonds is 8. The van der Waals surface area contributed by atoms with Crippen molar-refractivity contribution >= 4 is 40.1 Å². The maximum atomic E-state index is 12.9. The Morgan fingerprint density at radius 2 is 2.06 bits per heavy atom. The Hall–Kier alpha value is -3.05. The Balaban J connectivity index is 1.36. The van der Waals surface area contributed by atoms with Crippen LogP contribution in [-0.2, 0) is 11.3 Å². The molecule has 1 aliphatic heterocycles. The maximum absolute atomic E-state index is 12.9. The summed E-state index contributed by atoms with van der Waals surface area (Å²) in [5.41, 5.74) is 2.55. The first kappa shape index (κ1) is 23.1. The number of carbonyl (C=O) groups excluding carboxylic acids is 2. The Morgan fingerprint density at radius 3 is 2.85 bits per heavy atom. The van der Waals surface area contributed by atoms with Crippen molar-refractivity contribution in [1.82, 2.24) is 14.8 Å². The molecule has 0 saturated heterocycles. The summed E-state index contributed by atoms with van der Waals surface area (Å²) in [7, 11) is 0. The van der Waals surface area contributed by atoms with Gasteiger partial charge >= 0.3 is 6.09 Å². The molecule has 0 fully saturated rings. The van der Waals surface area contributed by atoms with E-state index in [2.05, 4.69) is 20.1 Å². The van der Waals surface area contributed by atoms with E-state index < -0.39 is 6.09 Å². The van der Waals surface area contributed by atoms with E-state index in [1.165, 1.54) is 23.1 Å². The number of para-hydroxylation sites is 2. The molecule has 0 radical (unpaired) electrons. The number of hydrogen-bond donors (Lipinski definition) is 1. The fourth-order valence-corrected chi connectivity index (χ4v) is 5.12. The SMILES string of the molecule is CCOC(=O)Nc1nnc(SCC(=O)c2cc(C)n(CC3COc4ccccc4O3)c2C)s1. The number of anilines is 1. The topological polar surface area (TPSA) is 105 Å². The third-order valence-electron chi connectivity index (χ3n) is 5.05. The van der Waals surface area contributed by atoms with E-state index >= 15 is 0 Å². The molecular formula is C22H24N4O5S2. The molecule has 11 heteroatoms. The number of carbonyl (C=O) groups is 2. The average Bonchev–Trinajstić information content (AvgIpc) is 3.36. The number of nitrogens with zero attached hydrogens (tertiary/aromatic N) is 3. The standard InChI is InChI=1S/C22H24N4O5S2/c1-4-29-21(28)23-20-24-25-22(33-20)32-12-17(27)16-9-13(2)26(14(16)3)10-15-11-30-18-7-5-6-8-19(18)31-15/h5-9,15H,4,10-12H2,1-3H3,(H,23,24,28). The Kier molecular flexibility index (Phi) is 7.19. The molecule has 174 valence electrons. The smallest absolute Gasteiger partial charge is 0.413 e. The Bertz CT molecular complexity index is 1160. The van der Waals surface area contributed by atoms with Gasteiger partial charge in [0.25, 0.3) is 0 Å². The molecule has 33 heavy (non-hydrogen) atoms. The van der Waals surface area contributed by atoms with Gasteiger partial charge in [-0.05, 0) is 39.0 Å². The summed E-state index contributed by atoms with van der Waals surface area (Å²) in [6, 6.07) is 9.52. The highest BCUT2D eigenvalue weighted by molar-refractivity contribution is 8.01. The molecule has 9 nitrogen and oxygen atoms in total. The van der Waals surface area contributed by atoms with E-state index in [0.29, 0.717) is 28.2 Å².